The molecule has 2 heteroatoms. The Kier molecular flexibility index (Phi) is 4.51. The second-order valence-corrected chi connectivity index (χ2v) is 3.49. The molecule has 0 aliphatic rings. The van der Waals surface area contributed by atoms with Gasteiger partial charge >= 0.3 is 0 Å². The number of isothiocyanates is 1. The van der Waals surface area contributed by atoms with E-state index in [1.165, 1.54) is 18.4 Å². The fourth-order valence-corrected chi connectivity index (χ4v) is 1.74. The third-order valence-electron chi connectivity index (χ3n) is 2.52. The Hall–Kier alpha value is -0.980. The van der Waals surface area contributed by atoms with Crippen LogP contribution in [0.25, 0.3) is 0 Å². The molecule has 0 radical (unpaired) electrons. The van der Waals surface area contributed by atoms with E-state index < -0.39 is 0 Å². The van der Waals surface area contributed by atoms with Crippen molar-refractivity contribution in [1.29, 1.82) is 0 Å². The summed E-state index contributed by atoms with van der Waals surface area (Å²) in [5, 5.41) is 2.37. The molecule has 1 aromatic carbocycles. The number of thiocarbonyl (C=S) groups is 1. The minimum atomic E-state index is 0.667. The van der Waals surface area contributed by atoms with Gasteiger partial charge in [-0.3, -0.25) is 0 Å². The number of nitrogens with zero attached hydrogens (tertiary/aromatic N) is 1. The predicted octanol–water partition coefficient (Wildman–Crippen LogP) is 4.32. The van der Waals surface area contributed by atoms with Gasteiger partial charge in [0.2, 0.25) is 0 Å². The van der Waals surface area contributed by atoms with Gasteiger partial charge in [0.05, 0.1) is 10.8 Å². The van der Waals surface area contributed by atoms with Crippen molar-refractivity contribution in [3.8, 4) is 0 Å². The summed E-state index contributed by atoms with van der Waals surface area (Å²) >= 11 is 4.55. The van der Waals surface area contributed by atoms with E-state index in [1.807, 2.05) is 12.1 Å². The molecule has 0 saturated carbocycles. The van der Waals surface area contributed by atoms with Gasteiger partial charge in [-0.2, -0.15) is 4.99 Å². The van der Waals surface area contributed by atoms with Crippen LogP contribution in [0.1, 0.15) is 38.2 Å². The van der Waals surface area contributed by atoms with Crippen LogP contribution in [0.3, 0.4) is 0 Å². The Labute approximate surface area is 90.9 Å². The molecule has 1 rings (SSSR count). The third-order valence-corrected chi connectivity index (χ3v) is 2.62. The molecule has 14 heavy (non-hydrogen) atoms. The van der Waals surface area contributed by atoms with Crippen molar-refractivity contribution in [1.82, 2.24) is 0 Å². The van der Waals surface area contributed by atoms with Gasteiger partial charge in [0.25, 0.3) is 0 Å². The molecule has 1 aromatic rings. The van der Waals surface area contributed by atoms with E-state index >= 15 is 0 Å². The maximum atomic E-state index is 4.55. The number of hydrogen-bond acceptors (Lipinski definition) is 2. The van der Waals surface area contributed by atoms with Crippen molar-refractivity contribution in [2.75, 3.05) is 0 Å². The minimum Gasteiger partial charge on any atom is -0.195 e. The van der Waals surface area contributed by atoms with Gasteiger partial charge in [-0.1, -0.05) is 26.0 Å². The molecule has 0 unspecified atom stereocenters. The van der Waals surface area contributed by atoms with Crippen LogP contribution >= 0.6 is 12.2 Å². The molecule has 1 nitrogen and oxygen atoms in total. The van der Waals surface area contributed by atoms with Crippen LogP contribution in [0.5, 0.6) is 0 Å². The zero-order valence-corrected chi connectivity index (χ0v) is 9.47. The van der Waals surface area contributed by atoms with E-state index in [0.717, 1.165) is 5.69 Å². The van der Waals surface area contributed by atoms with E-state index in [2.05, 4.69) is 48.4 Å². The predicted molar refractivity (Wildman–Crippen MR) is 64.5 cm³/mol. The Bertz CT molecular complexity index is 319. The summed E-state index contributed by atoms with van der Waals surface area (Å²) in [6, 6.07) is 8.24. The first-order valence-corrected chi connectivity index (χ1v) is 5.40. The molecule has 0 aliphatic heterocycles. The summed E-state index contributed by atoms with van der Waals surface area (Å²) in [6.45, 7) is 4.44. The SMILES string of the molecule is CCC(CC)c1ccc(N=C=S)cc1. The van der Waals surface area contributed by atoms with Crippen LogP contribution in [0.2, 0.25) is 0 Å². The highest BCUT2D eigenvalue weighted by molar-refractivity contribution is 7.78. The summed E-state index contributed by atoms with van der Waals surface area (Å²) < 4.78 is 0. The molecule has 0 N–H and O–H groups in total. The van der Waals surface area contributed by atoms with Gasteiger partial charge in [-0.05, 0) is 48.7 Å². The van der Waals surface area contributed by atoms with E-state index in [-0.39, 0.29) is 0 Å². The standard InChI is InChI=1S/C12H15NS/c1-3-10(4-2)11-5-7-12(8-6-11)13-9-14/h5-8,10H,3-4H2,1-2H3. The highest BCUT2D eigenvalue weighted by Gasteiger charge is 2.05. The molecular weight excluding hydrogens is 190 g/mol. The van der Waals surface area contributed by atoms with Crippen molar-refractivity contribution in [2.45, 2.75) is 32.6 Å². The Morgan fingerprint density at radius 1 is 1.21 bits per heavy atom. The summed E-state index contributed by atoms with van der Waals surface area (Å²) in [5.74, 6) is 0.667. The van der Waals surface area contributed by atoms with Crippen molar-refractivity contribution in [2.24, 2.45) is 4.99 Å². The number of hydrogen-bond donors (Lipinski definition) is 0. The fraction of sp³-hybridized carbons (Fsp3) is 0.417. The van der Waals surface area contributed by atoms with Gasteiger partial charge in [0.15, 0.2) is 0 Å². The fourth-order valence-electron chi connectivity index (χ4n) is 1.63. The second kappa shape index (κ2) is 5.69. The molecular formula is C12H15NS. The zero-order valence-electron chi connectivity index (χ0n) is 8.66. The smallest absolute Gasteiger partial charge is 0.0739 e. The van der Waals surface area contributed by atoms with E-state index in [1.54, 1.807) is 0 Å². The van der Waals surface area contributed by atoms with Crippen molar-refractivity contribution >= 4 is 23.1 Å². The molecule has 0 bridgehead atoms. The molecule has 0 atom stereocenters. The zero-order chi connectivity index (χ0) is 10.4. The molecule has 0 saturated heterocycles. The molecule has 0 aliphatic carbocycles. The van der Waals surface area contributed by atoms with E-state index in [4.69, 9.17) is 0 Å². The first-order valence-electron chi connectivity index (χ1n) is 4.99. The Morgan fingerprint density at radius 2 is 1.79 bits per heavy atom. The van der Waals surface area contributed by atoms with Crippen LogP contribution in [-0.4, -0.2) is 5.16 Å². The lowest BCUT2D eigenvalue weighted by molar-refractivity contribution is 0.642. The van der Waals surface area contributed by atoms with Crippen LogP contribution < -0.4 is 0 Å². The third kappa shape index (κ3) is 2.76. The summed E-state index contributed by atoms with van der Waals surface area (Å²) in [4.78, 5) is 3.92. The van der Waals surface area contributed by atoms with Gasteiger partial charge in [0.1, 0.15) is 0 Å². The molecule has 0 amide bonds. The number of aliphatic imine (C=N–C) groups is 1. The molecule has 0 fully saturated rings. The first kappa shape index (κ1) is 11.1. The molecule has 0 heterocycles. The lowest BCUT2D eigenvalue weighted by atomic mass is 9.94. The van der Waals surface area contributed by atoms with Gasteiger partial charge in [-0.15, -0.1) is 0 Å². The van der Waals surface area contributed by atoms with Gasteiger partial charge < -0.3 is 0 Å². The van der Waals surface area contributed by atoms with Crippen LogP contribution in [0, 0.1) is 0 Å². The lowest BCUT2D eigenvalue weighted by Crippen LogP contribution is -1.93. The molecule has 0 spiro atoms. The largest absolute Gasteiger partial charge is 0.195 e. The summed E-state index contributed by atoms with van der Waals surface area (Å²) in [6.07, 6.45) is 2.37. The van der Waals surface area contributed by atoms with E-state index in [9.17, 15) is 0 Å². The normalized spacial score (nSPS) is 9.93. The van der Waals surface area contributed by atoms with Crippen LogP contribution in [0.4, 0.5) is 5.69 Å². The Morgan fingerprint density at radius 3 is 2.21 bits per heavy atom. The summed E-state index contributed by atoms with van der Waals surface area (Å²) in [5.41, 5.74) is 2.27. The molecule has 74 valence electrons. The van der Waals surface area contributed by atoms with Crippen molar-refractivity contribution < 1.29 is 0 Å². The highest BCUT2D eigenvalue weighted by Crippen LogP contribution is 2.24. The van der Waals surface area contributed by atoms with E-state index in [0.29, 0.717) is 5.92 Å². The van der Waals surface area contributed by atoms with Gasteiger partial charge in [0, 0.05) is 0 Å². The van der Waals surface area contributed by atoms with Gasteiger partial charge in [-0.25, -0.2) is 0 Å². The maximum Gasteiger partial charge on any atom is 0.0739 e. The average molecular weight is 205 g/mol. The minimum absolute atomic E-state index is 0.667. The topological polar surface area (TPSA) is 12.4 Å². The monoisotopic (exact) mass is 205 g/mol. The van der Waals surface area contributed by atoms with Crippen molar-refractivity contribution in [3.63, 3.8) is 0 Å². The highest BCUT2D eigenvalue weighted by atomic mass is 32.1. The Balaban J connectivity index is 2.86. The first-order chi connectivity index (χ1) is 6.81. The van der Waals surface area contributed by atoms with Crippen LogP contribution in [0.15, 0.2) is 29.3 Å². The molecule has 0 aromatic heterocycles. The van der Waals surface area contributed by atoms with Crippen molar-refractivity contribution in [3.05, 3.63) is 29.8 Å². The number of rotatable bonds is 4. The lowest BCUT2D eigenvalue weighted by Gasteiger charge is -2.12. The quantitative estimate of drug-likeness (QED) is 0.526. The number of benzene rings is 1. The van der Waals surface area contributed by atoms with Crippen LogP contribution in [-0.2, 0) is 0 Å². The maximum absolute atomic E-state index is 4.55. The second-order valence-electron chi connectivity index (χ2n) is 3.31. The summed E-state index contributed by atoms with van der Waals surface area (Å²) in [7, 11) is 0. The average Bonchev–Trinajstić information content (AvgIpc) is 2.23.